The van der Waals surface area contributed by atoms with Gasteiger partial charge in [-0.25, -0.2) is 4.57 Å². The molecule has 7 atom stereocenters. The van der Waals surface area contributed by atoms with Crippen molar-refractivity contribution >= 4 is 7.82 Å². The molecule has 6 N–H and O–H groups in total. The predicted octanol–water partition coefficient (Wildman–Crippen LogP) is 5.13. The highest BCUT2D eigenvalue weighted by atomic mass is 31.2. The van der Waals surface area contributed by atoms with E-state index in [4.69, 9.17) is 9.05 Å². The standard InChI is InChI=1S/C28H57O9P/c1-2-3-4-5-6-7-8-9-10-11-12-13-14-15-16-17-18-19-20-21-22-36-38(34,35)37-28-26(32)24(30)23(29)25(31)27(28)33/h23-33H,2-22H2,1H3,(H,34,35)/t23?,24-,25+,26-,27-,28?/m1/s1. The van der Waals surface area contributed by atoms with Gasteiger partial charge in [0.1, 0.15) is 36.6 Å². The third kappa shape index (κ3) is 15.6. The van der Waals surface area contributed by atoms with Crippen LogP contribution in [0.5, 0.6) is 0 Å². The lowest BCUT2D eigenvalue weighted by atomic mass is 9.85. The first-order chi connectivity index (χ1) is 18.2. The molecule has 1 aliphatic rings. The number of aliphatic hydroxyl groups is 5. The van der Waals surface area contributed by atoms with E-state index in [1.54, 1.807) is 0 Å². The summed E-state index contributed by atoms with van der Waals surface area (Å²) in [5.41, 5.74) is 0. The van der Waals surface area contributed by atoms with Gasteiger partial charge in [0.25, 0.3) is 0 Å². The van der Waals surface area contributed by atoms with Crippen LogP contribution in [0.25, 0.3) is 0 Å². The fourth-order valence-electron chi connectivity index (χ4n) is 5.04. The summed E-state index contributed by atoms with van der Waals surface area (Å²) in [6, 6.07) is 0. The maximum absolute atomic E-state index is 12.1. The Kier molecular flexibility index (Phi) is 20.5. The molecule has 1 saturated carbocycles. The summed E-state index contributed by atoms with van der Waals surface area (Å²) in [7, 11) is -4.63. The molecule has 0 spiro atoms. The number of rotatable bonds is 24. The van der Waals surface area contributed by atoms with Crippen LogP contribution in [0.2, 0.25) is 0 Å². The van der Waals surface area contributed by atoms with E-state index in [1.807, 2.05) is 0 Å². The zero-order valence-corrected chi connectivity index (χ0v) is 24.6. The fraction of sp³-hybridized carbons (Fsp3) is 1.00. The van der Waals surface area contributed by atoms with Crippen LogP contribution in [-0.4, -0.2) is 73.7 Å². The summed E-state index contributed by atoms with van der Waals surface area (Å²) in [6.07, 6.45) is 14.2. The fourth-order valence-corrected chi connectivity index (χ4v) is 6.02. The van der Waals surface area contributed by atoms with E-state index in [-0.39, 0.29) is 6.61 Å². The van der Waals surface area contributed by atoms with Gasteiger partial charge in [-0.1, -0.05) is 129 Å². The Morgan fingerprint density at radius 1 is 0.500 bits per heavy atom. The van der Waals surface area contributed by atoms with E-state index >= 15 is 0 Å². The molecule has 0 aliphatic heterocycles. The molecule has 38 heavy (non-hydrogen) atoms. The van der Waals surface area contributed by atoms with Gasteiger partial charge in [0.15, 0.2) is 0 Å². The van der Waals surface area contributed by atoms with Crippen LogP contribution in [0.3, 0.4) is 0 Å². The summed E-state index contributed by atoms with van der Waals surface area (Å²) in [6.45, 7) is 2.24. The monoisotopic (exact) mass is 568 g/mol. The van der Waals surface area contributed by atoms with E-state index < -0.39 is 44.4 Å². The van der Waals surface area contributed by atoms with Crippen LogP contribution in [0.1, 0.15) is 135 Å². The smallest absolute Gasteiger partial charge is 0.387 e. The highest BCUT2D eigenvalue weighted by Crippen LogP contribution is 2.47. The predicted molar refractivity (Wildman–Crippen MR) is 149 cm³/mol. The SMILES string of the molecule is CCCCCCCCCCCCCCCCCCCCCCOP(=O)(O)OC1[C@H](O)[C@H](O)C(O)[C@H](O)[C@H]1O. The normalized spacial score (nSPS) is 27.4. The molecule has 1 rings (SSSR count). The van der Waals surface area contributed by atoms with Gasteiger partial charge in [0.05, 0.1) is 6.61 Å². The average molecular weight is 569 g/mol. The van der Waals surface area contributed by atoms with E-state index in [1.165, 1.54) is 103 Å². The third-order valence-corrected chi connectivity index (χ3v) is 8.60. The van der Waals surface area contributed by atoms with Crippen LogP contribution in [-0.2, 0) is 13.6 Å². The summed E-state index contributed by atoms with van der Waals surface area (Å²) in [5, 5.41) is 48.8. The largest absolute Gasteiger partial charge is 0.472 e. The van der Waals surface area contributed by atoms with Crippen LogP contribution in [0, 0.1) is 0 Å². The molecule has 0 aromatic rings. The molecule has 0 amide bonds. The lowest BCUT2D eigenvalue weighted by molar-refractivity contribution is -0.220. The maximum Gasteiger partial charge on any atom is 0.472 e. The van der Waals surface area contributed by atoms with Crippen molar-refractivity contribution in [3.8, 4) is 0 Å². The molecule has 1 aliphatic carbocycles. The lowest BCUT2D eigenvalue weighted by Gasteiger charge is -2.41. The first-order valence-corrected chi connectivity index (χ1v) is 16.8. The molecule has 228 valence electrons. The van der Waals surface area contributed by atoms with E-state index in [0.29, 0.717) is 6.42 Å². The Morgan fingerprint density at radius 3 is 1.13 bits per heavy atom. The van der Waals surface area contributed by atoms with Crippen molar-refractivity contribution in [2.24, 2.45) is 0 Å². The van der Waals surface area contributed by atoms with Crippen molar-refractivity contribution in [1.29, 1.82) is 0 Å². The van der Waals surface area contributed by atoms with Gasteiger partial charge in [-0.2, -0.15) is 0 Å². The number of hydrogen-bond donors (Lipinski definition) is 6. The molecule has 1 fully saturated rings. The molecule has 10 heteroatoms. The van der Waals surface area contributed by atoms with Crippen LogP contribution < -0.4 is 0 Å². The Morgan fingerprint density at radius 2 is 0.789 bits per heavy atom. The van der Waals surface area contributed by atoms with Gasteiger partial charge in [0, 0.05) is 0 Å². The number of hydrogen-bond acceptors (Lipinski definition) is 8. The second-order valence-corrected chi connectivity index (χ2v) is 12.4. The van der Waals surface area contributed by atoms with E-state index in [9.17, 15) is 35.0 Å². The van der Waals surface area contributed by atoms with Crippen molar-refractivity contribution in [2.75, 3.05) is 6.61 Å². The van der Waals surface area contributed by atoms with Gasteiger partial charge >= 0.3 is 7.82 Å². The molecule has 0 aromatic heterocycles. The van der Waals surface area contributed by atoms with E-state index in [2.05, 4.69) is 6.92 Å². The quantitative estimate of drug-likeness (QED) is 0.0686. The minimum atomic E-state index is -4.63. The Balaban J connectivity index is 1.91. The summed E-state index contributed by atoms with van der Waals surface area (Å²) in [5.74, 6) is 0. The van der Waals surface area contributed by atoms with Gasteiger partial charge in [-0.3, -0.25) is 9.05 Å². The zero-order chi connectivity index (χ0) is 28.2. The first kappa shape index (κ1) is 35.9. The Bertz CT molecular complexity index is 593. The molecular weight excluding hydrogens is 511 g/mol. The van der Waals surface area contributed by atoms with Crippen LogP contribution in [0.4, 0.5) is 0 Å². The van der Waals surface area contributed by atoms with E-state index in [0.717, 1.165) is 19.3 Å². The number of aliphatic hydroxyl groups excluding tert-OH is 5. The molecule has 0 heterocycles. The molecule has 0 aromatic carbocycles. The number of unbranched alkanes of at least 4 members (excludes halogenated alkanes) is 19. The molecule has 9 nitrogen and oxygen atoms in total. The highest BCUT2D eigenvalue weighted by Gasteiger charge is 2.51. The topological polar surface area (TPSA) is 157 Å². The summed E-state index contributed by atoms with van der Waals surface area (Å²) in [4.78, 5) is 9.86. The number of phosphoric ester groups is 1. The minimum absolute atomic E-state index is 0.0284. The van der Waals surface area contributed by atoms with Gasteiger partial charge in [-0.15, -0.1) is 0 Å². The second kappa shape index (κ2) is 21.6. The first-order valence-electron chi connectivity index (χ1n) is 15.3. The van der Waals surface area contributed by atoms with Gasteiger partial charge in [0.2, 0.25) is 0 Å². The van der Waals surface area contributed by atoms with Crippen molar-refractivity contribution in [3.63, 3.8) is 0 Å². The number of phosphoric acid groups is 1. The van der Waals surface area contributed by atoms with Crippen LogP contribution >= 0.6 is 7.82 Å². The molecule has 0 bridgehead atoms. The Labute approximate surface area is 230 Å². The lowest BCUT2D eigenvalue weighted by Crippen LogP contribution is -2.64. The van der Waals surface area contributed by atoms with Gasteiger partial charge < -0.3 is 30.4 Å². The second-order valence-electron chi connectivity index (χ2n) is 11.0. The van der Waals surface area contributed by atoms with Crippen molar-refractivity contribution in [3.05, 3.63) is 0 Å². The van der Waals surface area contributed by atoms with Crippen molar-refractivity contribution < 1.29 is 44.0 Å². The van der Waals surface area contributed by atoms with Crippen molar-refractivity contribution in [1.82, 2.24) is 0 Å². The molecule has 3 unspecified atom stereocenters. The molecule has 0 radical (unpaired) electrons. The van der Waals surface area contributed by atoms with Crippen molar-refractivity contribution in [2.45, 2.75) is 172 Å². The molecule has 0 saturated heterocycles. The average Bonchev–Trinajstić information content (AvgIpc) is 2.89. The summed E-state index contributed by atoms with van der Waals surface area (Å²) >= 11 is 0. The minimum Gasteiger partial charge on any atom is -0.387 e. The Hall–Kier alpha value is -0.0900. The summed E-state index contributed by atoms with van der Waals surface area (Å²) < 4.78 is 21.8. The zero-order valence-electron chi connectivity index (χ0n) is 23.7. The maximum atomic E-state index is 12.1. The highest BCUT2D eigenvalue weighted by molar-refractivity contribution is 7.47. The van der Waals surface area contributed by atoms with Crippen LogP contribution in [0.15, 0.2) is 0 Å². The van der Waals surface area contributed by atoms with Gasteiger partial charge in [-0.05, 0) is 6.42 Å². The molecular formula is C28H57O9P. The third-order valence-electron chi connectivity index (χ3n) is 7.58.